The van der Waals surface area contributed by atoms with E-state index in [9.17, 15) is 19.5 Å². The Balaban J connectivity index is 2.23. The molecule has 2 rings (SSSR count). The van der Waals surface area contributed by atoms with E-state index in [2.05, 4.69) is 0 Å². The number of hydrogen-bond donors (Lipinski definition) is 2. The van der Waals surface area contributed by atoms with Gasteiger partial charge in [0, 0.05) is 13.1 Å². The van der Waals surface area contributed by atoms with Gasteiger partial charge in [-0.3, -0.25) is 4.79 Å². The van der Waals surface area contributed by atoms with E-state index in [-0.39, 0.29) is 13.2 Å². The van der Waals surface area contributed by atoms with Crippen LogP contribution in [0.5, 0.6) is 0 Å². The van der Waals surface area contributed by atoms with Gasteiger partial charge in [-0.05, 0) is 26.2 Å². The minimum absolute atomic E-state index is 0.0543. The quantitative estimate of drug-likeness (QED) is 0.721. The Labute approximate surface area is 122 Å². The van der Waals surface area contributed by atoms with Gasteiger partial charge < -0.3 is 25.4 Å². The molecule has 21 heavy (non-hydrogen) atoms. The Morgan fingerprint density at radius 1 is 1.29 bits per heavy atom. The number of aliphatic carboxylic acids is 1. The van der Waals surface area contributed by atoms with E-state index in [1.807, 2.05) is 0 Å². The number of carbonyl (C=O) groups is 3. The van der Waals surface area contributed by atoms with Crippen LogP contribution in [0.25, 0.3) is 0 Å². The molecule has 3 amide bonds. The highest BCUT2D eigenvalue weighted by Crippen LogP contribution is 2.30. The zero-order valence-corrected chi connectivity index (χ0v) is 12.1. The van der Waals surface area contributed by atoms with E-state index in [1.54, 1.807) is 6.92 Å². The van der Waals surface area contributed by atoms with Crippen LogP contribution in [-0.4, -0.2) is 70.7 Å². The summed E-state index contributed by atoms with van der Waals surface area (Å²) in [5.74, 6) is -1.67. The van der Waals surface area contributed by atoms with Crippen molar-refractivity contribution in [3.05, 3.63) is 0 Å². The van der Waals surface area contributed by atoms with Crippen LogP contribution in [0.1, 0.15) is 26.2 Å². The lowest BCUT2D eigenvalue weighted by Gasteiger charge is -2.45. The number of primary amides is 1. The minimum atomic E-state index is -1.24. The molecule has 2 heterocycles. The van der Waals surface area contributed by atoms with Crippen LogP contribution in [0.15, 0.2) is 0 Å². The van der Waals surface area contributed by atoms with Crippen molar-refractivity contribution in [2.75, 3.05) is 26.3 Å². The summed E-state index contributed by atoms with van der Waals surface area (Å²) in [4.78, 5) is 38.4. The minimum Gasteiger partial charge on any atom is -0.480 e. The smallest absolute Gasteiger partial charge is 0.329 e. The summed E-state index contributed by atoms with van der Waals surface area (Å²) in [5, 5.41) is 9.46. The van der Waals surface area contributed by atoms with E-state index < -0.39 is 29.5 Å². The van der Waals surface area contributed by atoms with E-state index in [0.717, 1.165) is 12.8 Å². The second-order valence-corrected chi connectivity index (χ2v) is 5.66. The summed E-state index contributed by atoms with van der Waals surface area (Å²) in [5.41, 5.74) is 4.06. The molecule has 0 radical (unpaired) electrons. The molecule has 0 saturated carbocycles. The lowest BCUT2D eigenvalue weighted by Crippen LogP contribution is -2.65. The third kappa shape index (κ3) is 2.80. The van der Waals surface area contributed by atoms with Gasteiger partial charge >= 0.3 is 12.0 Å². The second-order valence-electron chi connectivity index (χ2n) is 5.66. The van der Waals surface area contributed by atoms with E-state index >= 15 is 0 Å². The van der Waals surface area contributed by atoms with Crippen LogP contribution >= 0.6 is 0 Å². The standard InChI is InChI=1S/C13H21N3O5/c1-13(11(18)19)4-2-3-5-16(13)12(20)15-6-7-21-8-9(15)10(14)17/h9H,2-8H2,1H3,(H2,14,17)(H,18,19). The van der Waals surface area contributed by atoms with Gasteiger partial charge in [-0.25, -0.2) is 9.59 Å². The third-order valence-electron chi connectivity index (χ3n) is 4.29. The number of ether oxygens (including phenoxy) is 1. The first-order valence-corrected chi connectivity index (χ1v) is 7.06. The fourth-order valence-electron chi connectivity index (χ4n) is 2.87. The molecule has 3 N–H and O–H groups in total. The molecular weight excluding hydrogens is 278 g/mol. The van der Waals surface area contributed by atoms with Crippen molar-refractivity contribution in [3.8, 4) is 0 Å². The van der Waals surface area contributed by atoms with Gasteiger partial charge in [0.15, 0.2) is 0 Å². The van der Waals surface area contributed by atoms with Crippen molar-refractivity contribution in [3.63, 3.8) is 0 Å². The molecule has 2 fully saturated rings. The van der Waals surface area contributed by atoms with Gasteiger partial charge in [0.25, 0.3) is 0 Å². The van der Waals surface area contributed by atoms with E-state index in [4.69, 9.17) is 10.5 Å². The lowest BCUT2D eigenvalue weighted by atomic mass is 9.88. The molecule has 0 bridgehead atoms. The van der Waals surface area contributed by atoms with Gasteiger partial charge in [-0.1, -0.05) is 0 Å². The maximum absolute atomic E-state index is 12.7. The number of carbonyl (C=O) groups excluding carboxylic acids is 2. The van der Waals surface area contributed by atoms with Crippen molar-refractivity contribution in [2.45, 2.75) is 37.8 Å². The van der Waals surface area contributed by atoms with Gasteiger partial charge in [0.05, 0.1) is 13.2 Å². The summed E-state index contributed by atoms with van der Waals surface area (Å²) in [6, 6.07) is -1.29. The van der Waals surface area contributed by atoms with Crippen LogP contribution in [0.4, 0.5) is 4.79 Å². The summed E-state index contributed by atoms with van der Waals surface area (Å²) < 4.78 is 5.18. The number of carboxylic acids is 1. The summed E-state index contributed by atoms with van der Waals surface area (Å²) in [6.45, 7) is 2.51. The van der Waals surface area contributed by atoms with Crippen molar-refractivity contribution in [1.29, 1.82) is 0 Å². The average Bonchev–Trinajstić information content (AvgIpc) is 2.47. The molecule has 2 aliphatic rings. The number of urea groups is 1. The van der Waals surface area contributed by atoms with Crippen LogP contribution < -0.4 is 5.73 Å². The number of nitrogens with two attached hydrogens (primary N) is 1. The largest absolute Gasteiger partial charge is 0.480 e. The Hall–Kier alpha value is -1.83. The molecule has 0 spiro atoms. The first-order valence-electron chi connectivity index (χ1n) is 7.06. The number of piperidine rings is 1. The number of amides is 3. The molecule has 0 aromatic rings. The highest BCUT2D eigenvalue weighted by molar-refractivity contribution is 5.90. The van der Waals surface area contributed by atoms with Gasteiger partial charge in [-0.2, -0.15) is 0 Å². The molecule has 118 valence electrons. The average molecular weight is 299 g/mol. The first kappa shape index (κ1) is 15.6. The predicted molar refractivity (Wildman–Crippen MR) is 72.5 cm³/mol. The topological polar surface area (TPSA) is 113 Å². The third-order valence-corrected chi connectivity index (χ3v) is 4.29. The van der Waals surface area contributed by atoms with Crippen molar-refractivity contribution < 1.29 is 24.2 Å². The van der Waals surface area contributed by atoms with Crippen LogP contribution in [0.3, 0.4) is 0 Å². The highest BCUT2D eigenvalue weighted by Gasteiger charge is 2.47. The van der Waals surface area contributed by atoms with Crippen LogP contribution in [0, 0.1) is 0 Å². The van der Waals surface area contributed by atoms with Gasteiger partial charge in [-0.15, -0.1) is 0 Å². The number of rotatable bonds is 2. The first-order chi connectivity index (χ1) is 9.88. The molecule has 0 aromatic carbocycles. The molecule has 2 saturated heterocycles. The second kappa shape index (κ2) is 5.88. The Bertz CT molecular complexity index is 455. The number of morpholine rings is 1. The molecule has 2 unspecified atom stereocenters. The van der Waals surface area contributed by atoms with Crippen molar-refractivity contribution in [2.24, 2.45) is 5.73 Å². The normalized spacial score (nSPS) is 30.0. The zero-order valence-electron chi connectivity index (χ0n) is 12.1. The number of nitrogens with zero attached hydrogens (tertiary/aromatic N) is 2. The zero-order chi connectivity index (χ0) is 15.6. The van der Waals surface area contributed by atoms with Crippen molar-refractivity contribution >= 4 is 17.9 Å². The number of carboxylic acid groups (broad SMARTS) is 1. The van der Waals surface area contributed by atoms with Gasteiger partial charge in [0.2, 0.25) is 5.91 Å². The molecule has 8 nitrogen and oxygen atoms in total. The fourth-order valence-corrected chi connectivity index (χ4v) is 2.87. The molecule has 2 aliphatic heterocycles. The molecule has 0 aliphatic carbocycles. The highest BCUT2D eigenvalue weighted by atomic mass is 16.5. The Kier molecular flexibility index (Phi) is 4.36. The number of hydrogen-bond acceptors (Lipinski definition) is 4. The summed E-state index contributed by atoms with van der Waals surface area (Å²) in [6.07, 6.45) is 1.91. The predicted octanol–water partition coefficient (Wildman–Crippen LogP) is -0.378. The lowest BCUT2D eigenvalue weighted by molar-refractivity contribution is -0.151. The fraction of sp³-hybridized carbons (Fsp3) is 0.769. The molecule has 0 aromatic heterocycles. The summed E-state index contributed by atoms with van der Waals surface area (Å²) in [7, 11) is 0. The van der Waals surface area contributed by atoms with Crippen molar-refractivity contribution in [1.82, 2.24) is 9.80 Å². The monoisotopic (exact) mass is 299 g/mol. The molecular formula is C13H21N3O5. The van der Waals surface area contributed by atoms with Gasteiger partial charge in [0.1, 0.15) is 11.6 Å². The van der Waals surface area contributed by atoms with E-state index in [1.165, 1.54) is 9.80 Å². The Morgan fingerprint density at radius 2 is 2.00 bits per heavy atom. The maximum Gasteiger partial charge on any atom is 0.329 e. The molecule has 8 heteroatoms. The SMILES string of the molecule is CC1(C(=O)O)CCCCN1C(=O)N1CCOCC1C(N)=O. The van der Waals surface area contributed by atoms with Crippen LogP contribution in [0.2, 0.25) is 0 Å². The summed E-state index contributed by atoms with van der Waals surface area (Å²) >= 11 is 0. The molecule has 2 atom stereocenters. The number of likely N-dealkylation sites (tertiary alicyclic amines) is 1. The Morgan fingerprint density at radius 3 is 2.62 bits per heavy atom. The maximum atomic E-state index is 12.7. The van der Waals surface area contributed by atoms with E-state index in [0.29, 0.717) is 19.6 Å². The van der Waals surface area contributed by atoms with Crippen LogP contribution in [-0.2, 0) is 14.3 Å².